The molecule has 0 saturated heterocycles. The molecule has 112 valence electrons. The lowest BCUT2D eigenvalue weighted by Crippen LogP contribution is -2.30. The number of halogens is 2. The first-order valence-electron chi connectivity index (χ1n) is 7.91. The van der Waals surface area contributed by atoms with Crippen LogP contribution < -0.4 is 5.32 Å². The molecule has 3 heteroatoms. The van der Waals surface area contributed by atoms with Crippen molar-refractivity contribution in [3.8, 4) is 0 Å². The monoisotopic (exact) mass is 281 g/mol. The molecule has 0 radical (unpaired) electrons. The number of benzene rings is 1. The number of hydrogen-bond donors (Lipinski definition) is 1. The fraction of sp³-hybridized carbons (Fsp3) is 0.647. The van der Waals surface area contributed by atoms with Gasteiger partial charge in [-0.15, -0.1) is 0 Å². The second-order valence-electron chi connectivity index (χ2n) is 5.83. The lowest BCUT2D eigenvalue weighted by molar-refractivity contribution is 0.314. The Morgan fingerprint density at radius 3 is 2.50 bits per heavy atom. The molecule has 0 spiro atoms. The van der Waals surface area contributed by atoms with Crippen molar-refractivity contribution in [1.82, 2.24) is 5.32 Å². The summed E-state index contributed by atoms with van der Waals surface area (Å²) in [6.45, 7) is 2.94. The molecule has 1 nitrogen and oxygen atoms in total. The van der Waals surface area contributed by atoms with Crippen molar-refractivity contribution in [2.75, 3.05) is 6.54 Å². The third-order valence-corrected chi connectivity index (χ3v) is 4.30. The Hall–Kier alpha value is -0.960. The molecule has 1 unspecified atom stereocenters. The van der Waals surface area contributed by atoms with Crippen LogP contribution in [0.3, 0.4) is 0 Å². The zero-order valence-corrected chi connectivity index (χ0v) is 12.3. The van der Waals surface area contributed by atoms with Gasteiger partial charge in [0.2, 0.25) is 0 Å². The van der Waals surface area contributed by atoms with Gasteiger partial charge in [0.1, 0.15) is 0 Å². The molecule has 1 aromatic rings. The highest BCUT2D eigenvalue weighted by Crippen LogP contribution is 2.35. The maximum atomic E-state index is 14.1. The zero-order chi connectivity index (χ0) is 14.4. The summed E-state index contributed by atoms with van der Waals surface area (Å²) < 4.78 is 27.6. The van der Waals surface area contributed by atoms with Crippen molar-refractivity contribution >= 4 is 0 Å². The van der Waals surface area contributed by atoms with Crippen LogP contribution in [0.2, 0.25) is 0 Å². The summed E-state index contributed by atoms with van der Waals surface area (Å²) in [4.78, 5) is 0. The minimum Gasteiger partial charge on any atom is -0.310 e. The quantitative estimate of drug-likeness (QED) is 0.751. The topological polar surface area (TPSA) is 12.0 Å². The molecule has 1 N–H and O–H groups in total. The van der Waals surface area contributed by atoms with E-state index in [-0.39, 0.29) is 6.04 Å². The van der Waals surface area contributed by atoms with Gasteiger partial charge in [0.25, 0.3) is 0 Å². The molecule has 2 rings (SSSR count). The number of rotatable bonds is 5. The molecule has 1 saturated carbocycles. The van der Waals surface area contributed by atoms with Crippen LogP contribution in [0.25, 0.3) is 0 Å². The standard InChI is InChI=1S/C17H25F2N/c1-2-12-20-17(13-8-5-3-4-6-9-13)14-10-7-11-15(18)16(14)19/h7,10-11,13,17,20H,2-6,8-9,12H2,1H3. The van der Waals surface area contributed by atoms with Gasteiger partial charge in [-0.3, -0.25) is 0 Å². The Labute approximate surface area is 120 Å². The molecule has 1 aliphatic carbocycles. The maximum absolute atomic E-state index is 14.1. The minimum atomic E-state index is -0.737. The zero-order valence-electron chi connectivity index (χ0n) is 12.3. The summed E-state index contributed by atoms with van der Waals surface area (Å²) >= 11 is 0. The van der Waals surface area contributed by atoms with Gasteiger partial charge >= 0.3 is 0 Å². The Kier molecular flexibility index (Phi) is 5.96. The van der Waals surface area contributed by atoms with E-state index in [1.54, 1.807) is 12.1 Å². The smallest absolute Gasteiger partial charge is 0.163 e. The molecule has 0 amide bonds. The number of hydrogen-bond acceptors (Lipinski definition) is 1. The van der Waals surface area contributed by atoms with Gasteiger partial charge in [0.05, 0.1) is 0 Å². The van der Waals surface area contributed by atoms with E-state index in [1.807, 2.05) is 0 Å². The van der Waals surface area contributed by atoms with Gasteiger partial charge in [0, 0.05) is 11.6 Å². The van der Waals surface area contributed by atoms with Gasteiger partial charge in [0.15, 0.2) is 11.6 Å². The van der Waals surface area contributed by atoms with Crippen molar-refractivity contribution in [1.29, 1.82) is 0 Å². The largest absolute Gasteiger partial charge is 0.310 e. The molecule has 20 heavy (non-hydrogen) atoms. The van der Waals surface area contributed by atoms with E-state index >= 15 is 0 Å². The summed E-state index contributed by atoms with van der Waals surface area (Å²) in [6.07, 6.45) is 8.15. The third kappa shape index (κ3) is 3.78. The van der Waals surface area contributed by atoms with E-state index in [2.05, 4.69) is 12.2 Å². The van der Waals surface area contributed by atoms with Crippen LogP contribution in [-0.2, 0) is 0 Å². The fourth-order valence-electron chi connectivity index (χ4n) is 3.24. The first kappa shape index (κ1) is 15.4. The second-order valence-corrected chi connectivity index (χ2v) is 5.83. The predicted octanol–water partition coefficient (Wildman–Crippen LogP) is 4.98. The average Bonchev–Trinajstić information content (AvgIpc) is 2.73. The van der Waals surface area contributed by atoms with E-state index in [0.717, 1.165) is 25.8 Å². The van der Waals surface area contributed by atoms with Crippen molar-refractivity contribution in [2.24, 2.45) is 5.92 Å². The van der Waals surface area contributed by atoms with Crippen molar-refractivity contribution in [2.45, 2.75) is 57.9 Å². The predicted molar refractivity (Wildman–Crippen MR) is 78.6 cm³/mol. The van der Waals surface area contributed by atoms with Crippen LogP contribution in [0.15, 0.2) is 18.2 Å². The molecule has 1 atom stereocenters. The molecular formula is C17H25F2N. The van der Waals surface area contributed by atoms with Gasteiger partial charge in [-0.05, 0) is 37.8 Å². The fourth-order valence-corrected chi connectivity index (χ4v) is 3.24. The van der Waals surface area contributed by atoms with E-state index in [4.69, 9.17) is 0 Å². The van der Waals surface area contributed by atoms with Crippen LogP contribution in [0.1, 0.15) is 63.5 Å². The lowest BCUT2D eigenvalue weighted by atomic mass is 9.86. The molecule has 1 fully saturated rings. The maximum Gasteiger partial charge on any atom is 0.163 e. The Morgan fingerprint density at radius 2 is 1.85 bits per heavy atom. The summed E-state index contributed by atoms with van der Waals surface area (Å²) in [5, 5.41) is 3.44. The van der Waals surface area contributed by atoms with E-state index < -0.39 is 11.6 Å². The number of nitrogens with one attached hydrogen (secondary N) is 1. The van der Waals surface area contributed by atoms with Crippen LogP contribution in [-0.4, -0.2) is 6.54 Å². The second kappa shape index (κ2) is 7.72. The molecule has 0 aliphatic heterocycles. The normalized spacial score (nSPS) is 18.8. The summed E-state index contributed by atoms with van der Waals surface area (Å²) in [5.41, 5.74) is 0.505. The van der Waals surface area contributed by atoms with Gasteiger partial charge in [-0.25, -0.2) is 8.78 Å². The Morgan fingerprint density at radius 1 is 1.15 bits per heavy atom. The van der Waals surface area contributed by atoms with E-state index in [9.17, 15) is 8.78 Å². The van der Waals surface area contributed by atoms with Gasteiger partial charge in [-0.1, -0.05) is 44.7 Å². The molecule has 0 aromatic heterocycles. The average molecular weight is 281 g/mol. The van der Waals surface area contributed by atoms with Crippen LogP contribution in [0.5, 0.6) is 0 Å². The van der Waals surface area contributed by atoms with E-state index in [1.165, 1.54) is 31.7 Å². The molecule has 1 aliphatic rings. The van der Waals surface area contributed by atoms with Gasteiger partial charge in [-0.2, -0.15) is 0 Å². The molecule has 0 heterocycles. The summed E-state index contributed by atoms with van der Waals surface area (Å²) in [7, 11) is 0. The van der Waals surface area contributed by atoms with Crippen molar-refractivity contribution in [3.63, 3.8) is 0 Å². The van der Waals surface area contributed by atoms with Crippen molar-refractivity contribution < 1.29 is 8.78 Å². The molecule has 1 aromatic carbocycles. The Balaban J connectivity index is 2.23. The summed E-state index contributed by atoms with van der Waals surface area (Å²) in [6, 6.07) is 4.49. The highest BCUT2D eigenvalue weighted by Gasteiger charge is 2.26. The highest BCUT2D eigenvalue weighted by atomic mass is 19.2. The van der Waals surface area contributed by atoms with Gasteiger partial charge < -0.3 is 5.32 Å². The molecular weight excluding hydrogens is 256 g/mol. The lowest BCUT2D eigenvalue weighted by Gasteiger charge is -2.28. The minimum absolute atomic E-state index is 0.0521. The highest BCUT2D eigenvalue weighted by molar-refractivity contribution is 5.23. The first-order valence-corrected chi connectivity index (χ1v) is 7.91. The van der Waals surface area contributed by atoms with Crippen LogP contribution in [0, 0.1) is 17.6 Å². The molecule has 0 bridgehead atoms. The van der Waals surface area contributed by atoms with Crippen LogP contribution >= 0.6 is 0 Å². The summed E-state index contributed by atoms with van der Waals surface area (Å²) in [5.74, 6) is -0.995. The van der Waals surface area contributed by atoms with Crippen molar-refractivity contribution in [3.05, 3.63) is 35.4 Å². The Bertz CT molecular complexity index is 411. The first-order chi connectivity index (χ1) is 9.74. The van der Waals surface area contributed by atoms with E-state index in [0.29, 0.717) is 11.5 Å². The third-order valence-electron chi connectivity index (χ3n) is 4.30. The van der Waals surface area contributed by atoms with Crippen LogP contribution in [0.4, 0.5) is 8.78 Å². The SMILES string of the molecule is CCCNC(c1cccc(F)c1F)C1CCCCCC1.